The third-order valence-corrected chi connectivity index (χ3v) is 5.09. The average Bonchev–Trinajstić information content (AvgIpc) is 2.63. The molecule has 4 heteroatoms. The molecule has 0 aromatic heterocycles. The van der Waals surface area contributed by atoms with Gasteiger partial charge in [0.15, 0.2) is 0 Å². The van der Waals surface area contributed by atoms with Crippen LogP contribution in [-0.2, 0) is 0 Å². The van der Waals surface area contributed by atoms with Gasteiger partial charge in [0, 0.05) is 37.5 Å². The Balaban J connectivity index is 2.01. The molecule has 3 nitrogen and oxygen atoms in total. The van der Waals surface area contributed by atoms with Crippen LogP contribution in [0.3, 0.4) is 0 Å². The smallest absolute Gasteiger partial charge is 0.0430 e. The molecule has 0 aromatic carbocycles. The molecule has 2 heterocycles. The van der Waals surface area contributed by atoms with Gasteiger partial charge in [-0.2, -0.15) is 11.8 Å². The van der Waals surface area contributed by atoms with Crippen LogP contribution in [0.25, 0.3) is 0 Å². The van der Waals surface area contributed by atoms with E-state index in [1.165, 1.54) is 50.5 Å². The lowest BCUT2D eigenvalue weighted by Crippen LogP contribution is -2.55. The van der Waals surface area contributed by atoms with E-state index in [9.17, 15) is 0 Å². The van der Waals surface area contributed by atoms with Crippen LogP contribution in [0.15, 0.2) is 0 Å². The van der Waals surface area contributed by atoms with E-state index in [0.29, 0.717) is 5.54 Å². The molecule has 0 aromatic rings. The summed E-state index contributed by atoms with van der Waals surface area (Å²) in [5.41, 5.74) is 6.35. The molecule has 1 unspecified atom stereocenters. The Bertz CT molecular complexity index is 204. The first-order valence-corrected chi connectivity index (χ1v) is 7.14. The average molecular weight is 229 g/mol. The second kappa shape index (κ2) is 5.04. The molecule has 2 N–H and O–H groups in total. The Kier molecular flexibility index (Phi) is 3.93. The van der Waals surface area contributed by atoms with Crippen molar-refractivity contribution >= 4 is 11.8 Å². The predicted molar refractivity (Wildman–Crippen MR) is 67.4 cm³/mol. The number of hydrogen-bond acceptors (Lipinski definition) is 4. The first-order valence-electron chi connectivity index (χ1n) is 5.98. The lowest BCUT2D eigenvalue weighted by atomic mass is 9.96. The molecule has 0 spiro atoms. The monoisotopic (exact) mass is 229 g/mol. The molecular formula is C11H23N3S. The SMILES string of the molecule is CN1CCCN(C2(CN)CCSC2)CC1. The van der Waals surface area contributed by atoms with Crippen molar-refractivity contribution in [2.24, 2.45) is 5.73 Å². The quantitative estimate of drug-likeness (QED) is 0.745. The Morgan fingerprint density at radius 1 is 1.27 bits per heavy atom. The zero-order valence-corrected chi connectivity index (χ0v) is 10.6. The normalized spacial score (nSPS) is 35.6. The van der Waals surface area contributed by atoms with Crippen molar-refractivity contribution in [3.05, 3.63) is 0 Å². The molecule has 1 atom stereocenters. The van der Waals surface area contributed by atoms with Gasteiger partial charge in [-0.1, -0.05) is 0 Å². The summed E-state index contributed by atoms with van der Waals surface area (Å²) in [6.45, 7) is 5.72. The van der Waals surface area contributed by atoms with E-state index < -0.39 is 0 Å². The van der Waals surface area contributed by atoms with Crippen LogP contribution in [0.4, 0.5) is 0 Å². The summed E-state index contributed by atoms with van der Waals surface area (Å²) in [5.74, 6) is 2.54. The zero-order chi connectivity index (χ0) is 10.7. The number of rotatable bonds is 2. The molecule has 2 rings (SSSR count). The van der Waals surface area contributed by atoms with Crippen molar-refractivity contribution in [3.8, 4) is 0 Å². The Labute approximate surface area is 97.4 Å². The molecule has 0 bridgehead atoms. The summed E-state index contributed by atoms with van der Waals surface area (Å²) in [4.78, 5) is 5.10. The standard InChI is InChI=1S/C11H23N3S/c1-13-4-2-5-14(7-6-13)11(9-12)3-8-15-10-11/h2-10,12H2,1H3. The highest BCUT2D eigenvalue weighted by atomic mass is 32.2. The lowest BCUT2D eigenvalue weighted by Gasteiger charge is -2.39. The number of likely N-dealkylation sites (N-methyl/N-ethyl adjacent to an activating group) is 1. The van der Waals surface area contributed by atoms with Crippen molar-refractivity contribution in [3.63, 3.8) is 0 Å². The maximum absolute atomic E-state index is 6.02. The van der Waals surface area contributed by atoms with Crippen LogP contribution >= 0.6 is 11.8 Å². The van der Waals surface area contributed by atoms with E-state index in [2.05, 4.69) is 28.6 Å². The highest BCUT2D eigenvalue weighted by Gasteiger charge is 2.38. The minimum absolute atomic E-state index is 0.329. The fourth-order valence-electron chi connectivity index (χ4n) is 2.66. The van der Waals surface area contributed by atoms with Gasteiger partial charge in [0.05, 0.1) is 0 Å². The van der Waals surface area contributed by atoms with Gasteiger partial charge in [0.1, 0.15) is 0 Å². The van der Waals surface area contributed by atoms with E-state index in [1.54, 1.807) is 0 Å². The van der Waals surface area contributed by atoms with Crippen molar-refractivity contribution in [2.75, 3.05) is 51.3 Å². The van der Waals surface area contributed by atoms with Crippen LogP contribution in [-0.4, -0.2) is 66.6 Å². The Morgan fingerprint density at radius 2 is 2.13 bits per heavy atom. The zero-order valence-electron chi connectivity index (χ0n) is 9.74. The number of nitrogens with two attached hydrogens (primary N) is 1. The molecule has 2 saturated heterocycles. The Morgan fingerprint density at radius 3 is 2.80 bits per heavy atom. The minimum atomic E-state index is 0.329. The number of nitrogens with zero attached hydrogens (tertiary/aromatic N) is 2. The molecule has 0 aliphatic carbocycles. The van der Waals surface area contributed by atoms with Crippen molar-refractivity contribution in [1.82, 2.24) is 9.80 Å². The van der Waals surface area contributed by atoms with E-state index in [1.807, 2.05) is 0 Å². The van der Waals surface area contributed by atoms with Crippen LogP contribution in [0.5, 0.6) is 0 Å². The maximum atomic E-state index is 6.02. The molecule has 88 valence electrons. The van der Waals surface area contributed by atoms with Crippen molar-refractivity contribution < 1.29 is 0 Å². The molecule has 2 aliphatic rings. The van der Waals surface area contributed by atoms with E-state index in [-0.39, 0.29) is 0 Å². The second-order valence-corrected chi connectivity index (χ2v) is 5.98. The summed E-state index contributed by atoms with van der Waals surface area (Å²) < 4.78 is 0. The largest absolute Gasteiger partial charge is 0.329 e. The highest BCUT2D eigenvalue weighted by Crippen LogP contribution is 2.33. The van der Waals surface area contributed by atoms with E-state index in [4.69, 9.17) is 5.73 Å². The molecule has 0 radical (unpaired) electrons. The highest BCUT2D eigenvalue weighted by molar-refractivity contribution is 7.99. The number of hydrogen-bond donors (Lipinski definition) is 1. The first kappa shape index (κ1) is 11.7. The number of thioether (sulfide) groups is 1. The fourth-order valence-corrected chi connectivity index (χ4v) is 4.15. The molecule has 2 aliphatic heterocycles. The fraction of sp³-hybridized carbons (Fsp3) is 1.00. The summed E-state index contributed by atoms with van der Waals surface area (Å²) in [6, 6.07) is 0. The van der Waals surface area contributed by atoms with Crippen LogP contribution in [0.2, 0.25) is 0 Å². The first-order chi connectivity index (χ1) is 7.27. The van der Waals surface area contributed by atoms with Gasteiger partial charge >= 0.3 is 0 Å². The van der Waals surface area contributed by atoms with Crippen LogP contribution in [0.1, 0.15) is 12.8 Å². The van der Waals surface area contributed by atoms with Gasteiger partial charge in [-0.25, -0.2) is 0 Å². The summed E-state index contributed by atoms with van der Waals surface area (Å²) in [5, 5.41) is 0. The summed E-state index contributed by atoms with van der Waals surface area (Å²) in [6.07, 6.45) is 2.58. The molecule has 2 fully saturated rings. The molecule has 15 heavy (non-hydrogen) atoms. The topological polar surface area (TPSA) is 32.5 Å². The molecular weight excluding hydrogens is 206 g/mol. The van der Waals surface area contributed by atoms with Crippen LogP contribution < -0.4 is 5.73 Å². The van der Waals surface area contributed by atoms with Gasteiger partial charge in [-0.3, -0.25) is 4.90 Å². The lowest BCUT2D eigenvalue weighted by molar-refractivity contribution is 0.122. The van der Waals surface area contributed by atoms with Gasteiger partial charge in [-0.05, 0) is 32.2 Å². The van der Waals surface area contributed by atoms with Gasteiger partial charge in [0.25, 0.3) is 0 Å². The molecule has 0 saturated carbocycles. The van der Waals surface area contributed by atoms with Crippen LogP contribution in [0, 0.1) is 0 Å². The van der Waals surface area contributed by atoms with Crippen molar-refractivity contribution in [2.45, 2.75) is 18.4 Å². The summed E-state index contributed by atoms with van der Waals surface area (Å²) in [7, 11) is 2.22. The van der Waals surface area contributed by atoms with Gasteiger partial charge in [-0.15, -0.1) is 0 Å². The third-order valence-electron chi connectivity index (χ3n) is 3.85. The van der Waals surface area contributed by atoms with Gasteiger partial charge < -0.3 is 10.6 Å². The second-order valence-electron chi connectivity index (χ2n) is 4.87. The summed E-state index contributed by atoms with van der Waals surface area (Å²) >= 11 is 2.07. The van der Waals surface area contributed by atoms with Gasteiger partial charge in [0.2, 0.25) is 0 Å². The maximum Gasteiger partial charge on any atom is 0.0430 e. The third kappa shape index (κ3) is 2.49. The predicted octanol–water partition coefficient (Wildman–Crippen LogP) is 0.458. The Hall–Kier alpha value is 0.230. The van der Waals surface area contributed by atoms with E-state index in [0.717, 1.165) is 6.54 Å². The minimum Gasteiger partial charge on any atom is -0.329 e. The molecule has 0 amide bonds. The van der Waals surface area contributed by atoms with Crippen molar-refractivity contribution in [1.29, 1.82) is 0 Å². The van der Waals surface area contributed by atoms with E-state index >= 15 is 0 Å².